The highest BCUT2D eigenvalue weighted by Crippen LogP contribution is 2.24. The van der Waals surface area contributed by atoms with Crippen molar-refractivity contribution in [3.8, 4) is 0 Å². The van der Waals surface area contributed by atoms with Gasteiger partial charge in [0.05, 0.1) is 17.0 Å². The molecule has 8 heteroatoms. The van der Waals surface area contributed by atoms with Crippen molar-refractivity contribution in [1.82, 2.24) is 15.0 Å². The van der Waals surface area contributed by atoms with E-state index in [1.807, 2.05) is 13.8 Å². The van der Waals surface area contributed by atoms with Crippen molar-refractivity contribution >= 4 is 27.3 Å². The number of hydrogen-bond acceptors (Lipinski definition) is 5. The first-order valence-electron chi connectivity index (χ1n) is 5.91. The zero-order valence-corrected chi connectivity index (χ0v) is 13.1. The number of rotatable bonds is 6. The van der Waals surface area contributed by atoms with Gasteiger partial charge >= 0.3 is 0 Å². The smallest absolute Gasteiger partial charge is 0.263 e. The van der Waals surface area contributed by atoms with Crippen LogP contribution in [-0.2, 0) is 10.0 Å². The molecule has 0 aliphatic rings. The Morgan fingerprint density at radius 1 is 1.37 bits per heavy atom. The van der Waals surface area contributed by atoms with Crippen molar-refractivity contribution in [2.75, 3.05) is 19.3 Å². The van der Waals surface area contributed by atoms with Gasteiger partial charge in [0.2, 0.25) is 10.0 Å². The topological polar surface area (TPSA) is 88.2 Å². The number of sulfonamides is 1. The summed E-state index contributed by atoms with van der Waals surface area (Å²) in [5.74, 6) is 0.0781. The molecule has 2 N–H and O–H groups in total. The predicted octanol–water partition coefficient (Wildman–Crippen LogP) is 0.854. The van der Waals surface area contributed by atoms with E-state index < -0.39 is 10.0 Å². The first-order chi connectivity index (χ1) is 8.70. The van der Waals surface area contributed by atoms with Gasteiger partial charge in [0.15, 0.2) is 0 Å². The second-order valence-corrected chi connectivity index (χ2v) is 7.41. The number of carbonyl (C=O) groups is 1. The van der Waals surface area contributed by atoms with Crippen molar-refractivity contribution in [2.24, 2.45) is 0 Å². The van der Waals surface area contributed by atoms with Crippen LogP contribution in [0.15, 0.2) is 0 Å². The van der Waals surface area contributed by atoms with Gasteiger partial charge in [-0.25, -0.2) is 18.1 Å². The molecule has 6 nitrogen and oxygen atoms in total. The number of hydrogen-bond donors (Lipinski definition) is 2. The number of nitrogens with one attached hydrogen (secondary N) is 2. The lowest BCUT2D eigenvalue weighted by Crippen LogP contribution is -2.34. The van der Waals surface area contributed by atoms with Gasteiger partial charge in [-0.2, -0.15) is 0 Å². The zero-order chi connectivity index (χ0) is 14.6. The zero-order valence-electron chi connectivity index (χ0n) is 11.5. The summed E-state index contributed by atoms with van der Waals surface area (Å²) in [4.78, 5) is 16.8. The molecular weight excluding hydrogens is 286 g/mol. The molecule has 0 aromatic carbocycles. The van der Waals surface area contributed by atoms with Crippen LogP contribution in [0.4, 0.5) is 0 Å². The summed E-state index contributed by atoms with van der Waals surface area (Å²) in [7, 11) is -3.21. The molecule has 108 valence electrons. The SMILES string of the molecule is Cc1nc(C(C)C)sc1C(=O)NCCNS(C)(=O)=O. The largest absolute Gasteiger partial charge is 0.350 e. The number of aryl methyl sites for hydroxylation is 1. The molecule has 0 saturated heterocycles. The Hall–Kier alpha value is -0.990. The lowest BCUT2D eigenvalue weighted by atomic mass is 10.2. The maximum Gasteiger partial charge on any atom is 0.263 e. The number of thiazole rings is 1. The molecule has 0 radical (unpaired) electrons. The molecule has 0 saturated carbocycles. The van der Waals surface area contributed by atoms with E-state index in [2.05, 4.69) is 15.0 Å². The van der Waals surface area contributed by atoms with E-state index in [0.717, 1.165) is 11.3 Å². The first kappa shape index (κ1) is 16.1. The van der Waals surface area contributed by atoms with Crippen molar-refractivity contribution in [3.63, 3.8) is 0 Å². The molecule has 1 aromatic heterocycles. The molecule has 0 fully saturated rings. The number of carbonyl (C=O) groups excluding carboxylic acids is 1. The molecule has 1 aromatic rings. The summed E-state index contributed by atoms with van der Waals surface area (Å²) >= 11 is 1.38. The molecule has 0 atom stereocenters. The molecule has 1 rings (SSSR count). The maximum absolute atomic E-state index is 11.9. The van der Waals surface area contributed by atoms with Crippen LogP contribution in [0.5, 0.6) is 0 Å². The second-order valence-electron chi connectivity index (χ2n) is 4.54. The van der Waals surface area contributed by atoms with Gasteiger partial charge in [-0.05, 0) is 6.92 Å². The van der Waals surface area contributed by atoms with Gasteiger partial charge in [0.25, 0.3) is 5.91 Å². The summed E-state index contributed by atoms with van der Waals surface area (Å²) in [6.45, 7) is 6.28. The third-order valence-electron chi connectivity index (χ3n) is 2.29. The third kappa shape index (κ3) is 5.25. The standard InChI is InChI=1S/C11H19N3O3S2/c1-7(2)11-14-8(3)9(18-11)10(15)12-5-6-13-19(4,16)17/h7,13H,5-6H2,1-4H3,(H,12,15). The lowest BCUT2D eigenvalue weighted by Gasteiger charge is -2.04. The Labute approximate surface area is 117 Å². The second kappa shape index (κ2) is 6.44. The van der Waals surface area contributed by atoms with E-state index >= 15 is 0 Å². The fourth-order valence-electron chi connectivity index (χ4n) is 1.37. The number of aromatic nitrogens is 1. The monoisotopic (exact) mass is 305 g/mol. The molecule has 0 aliphatic heterocycles. The van der Waals surface area contributed by atoms with Crippen molar-refractivity contribution < 1.29 is 13.2 Å². The minimum atomic E-state index is -3.21. The summed E-state index contributed by atoms with van der Waals surface area (Å²) in [5, 5.41) is 3.60. The Morgan fingerprint density at radius 2 is 2.00 bits per heavy atom. The number of amides is 1. The first-order valence-corrected chi connectivity index (χ1v) is 8.61. The molecule has 0 bridgehead atoms. The van der Waals surface area contributed by atoms with Crippen molar-refractivity contribution in [3.05, 3.63) is 15.6 Å². The van der Waals surface area contributed by atoms with Crippen LogP contribution < -0.4 is 10.0 Å². The highest BCUT2D eigenvalue weighted by molar-refractivity contribution is 7.88. The van der Waals surface area contributed by atoms with Crippen LogP contribution in [0, 0.1) is 6.92 Å². The van der Waals surface area contributed by atoms with Crippen LogP contribution in [0.2, 0.25) is 0 Å². The Morgan fingerprint density at radius 3 is 2.47 bits per heavy atom. The summed E-state index contributed by atoms with van der Waals surface area (Å²) in [6.07, 6.45) is 1.08. The molecule has 0 spiro atoms. The predicted molar refractivity (Wildman–Crippen MR) is 76.1 cm³/mol. The van der Waals surface area contributed by atoms with E-state index in [4.69, 9.17) is 0 Å². The molecule has 0 unspecified atom stereocenters. The van der Waals surface area contributed by atoms with Gasteiger partial charge < -0.3 is 5.32 Å². The van der Waals surface area contributed by atoms with Gasteiger partial charge in [0.1, 0.15) is 4.88 Å². The van der Waals surface area contributed by atoms with E-state index in [0.29, 0.717) is 10.6 Å². The maximum atomic E-state index is 11.9. The van der Waals surface area contributed by atoms with Crippen LogP contribution in [0.25, 0.3) is 0 Å². The van der Waals surface area contributed by atoms with Gasteiger partial charge in [-0.3, -0.25) is 4.79 Å². The van der Waals surface area contributed by atoms with Crippen molar-refractivity contribution in [2.45, 2.75) is 26.7 Å². The minimum Gasteiger partial charge on any atom is -0.350 e. The average Bonchev–Trinajstić information content (AvgIpc) is 2.65. The Balaban J connectivity index is 2.54. The third-order valence-corrected chi connectivity index (χ3v) is 4.47. The molecule has 0 aliphatic carbocycles. The quantitative estimate of drug-likeness (QED) is 0.763. The van der Waals surface area contributed by atoms with Crippen LogP contribution in [0.3, 0.4) is 0 Å². The van der Waals surface area contributed by atoms with Gasteiger partial charge in [-0.1, -0.05) is 13.8 Å². The summed E-state index contributed by atoms with van der Waals surface area (Å²) in [6, 6.07) is 0. The molecule has 1 amide bonds. The molecule has 19 heavy (non-hydrogen) atoms. The Bertz CT molecular complexity index is 550. The molecular formula is C11H19N3O3S2. The van der Waals surface area contributed by atoms with Crippen LogP contribution >= 0.6 is 11.3 Å². The van der Waals surface area contributed by atoms with E-state index in [9.17, 15) is 13.2 Å². The average molecular weight is 305 g/mol. The van der Waals surface area contributed by atoms with Gasteiger partial charge in [-0.15, -0.1) is 11.3 Å². The number of nitrogens with zero attached hydrogens (tertiary/aromatic N) is 1. The van der Waals surface area contributed by atoms with E-state index in [-0.39, 0.29) is 24.9 Å². The fraction of sp³-hybridized carbons (Fsp3) is 0.636. The normalized spacial score (nSPS) is 11.8. The van der Waals surface area contributed by atoms with Gasteiger partial charge in [0, 0.05) is 19.0 Å². The highest BCUT2D eigenvalue weighted by atomic mass is 32.2. The highest BCUT2D eigenvalue weighted by Gasteiger charge is 2.16. The van der Waals surface area contributed by atoms with Crippen LogP contribution in [-0.4, -0.2) is 38.7 Å². The van der Waals surface area contributed by atoms with Crippen molar-refractivity contribution in [1.29, 1.82) is 0 Å². The Kier molecular flexibility index (Phi) is 5.45. The summed E-state index contributed by atoms with van der Waals surface area (Å²) in [5.41, 5.74) is 0.710. The van der Waals surface area contributed by atoms with E-state index in [1.54, 1.807) is 6.92 Å². The fourth-order valence-corrected chi connectivity index (χ4v) is 2.83. The minimum absolute atomic E-state index is 0.180. The van der Waals surface area contributed by atoms with Crippen LogP contribution in [0.1, 0.15) is 40.1 Å². The summed E-state index contributed by atoms with van der Waals surface area (Å²) < 4.78 is 24.0. The lowest BCUT2D eigenvalue weighted by molar-refractivity contribution is 0.0957. The molecule has 1 heterocycles. The van der Waals surface area contributed by atoms with E-state index in [1.165, 1.54) is 11.3 Å².